The number of nitrogens with one attached hydrogen (secondary N) is 1. The van der Waals surface area contributed by atoms with Crippen LogP contribution in [0.4, 0.5) is 4.39 Å². The van der Waals surface area contributed by atoms with Gasteiger partial charge in [0.25, 0.3) is 0 Å². The lowest BCUT2D eigenvalue weighted by Gasteiger charge is -2.11. The molecule has 1 unspecified atom stereocenters. The van der Waals surface area contributed by atoms with Crippen LogP contribution >= 0.6 is 0 Å². The summed E-state index contributed by atoms with van der Waals surface area (Å²) in [6.45, 7) is 3.89. The Morgan fingerprint density at radius 3 is 2.17 bits per heavy atom. The third-order valence-electron chi connectivity index (χ3n) is 3.35. The number of benzene rings is 2. The van der Waals surface area contributed by atoms with E-state index in [0.717, 1.165) is 11.1 Å². The SMILES string of the molecule is CNC(C)c1ccc(-c2ccc(C)c(F)c2)cc1. The van der Waals surface area contributed by atoms with E-state index in [-0.39, 0.29) is 5.82 Å². The van der Waals surface area contributed by atoms with Crippen molar-refractivity contribution in [2.75, 3.05) is 7.05 Å². The molecule has 0 saturated carbocycles. The Balaban J connectivity index is 2.31. The van der Waals surface area contributed by atoms with E-state index in [1.807, 2.05) is 31.3 Å². The molecule has 0 fully saturated rings. The minimum atomic E-state index is -0.153. The molecule has 0 aliphatic carbocycles. The molecule has 2 rings (SSSR count). The predicted octanol–water partition coefficient (Wildman–Crippen LogP) is 4.08. The molecule has 0 bridgehead atoms. The van der Waals surface area contributed by atoms with Gasteiger partial charge in [-0.3, -0.25) is 0 Å². The zero-order chi connectivity index (χ0) is 13.1. The number of aryl methyl sites for hydroxylation is 1. The Morgan fingerprint density at radius 1 is 1.00 bits per heavy atom. The van der Waals surface area contributed by atoms with Crippen LogP contribution in [0.1, 0.15) is 24.1 Å². The minimum absolute atomic E-state index is 0.153. The molecule has 0 spiro atoms. The molecule has 1 N–H and O–H groups in total. The number of halogens is 1. The molecule has 2 aromatic rings. The molecule has 0 aliphatic heterocycles. The first-order valence-corrected chi connectivity index (χ1v) is 6.15. The van der Waals surface area contributed by atoms with Crippen LogP contribution in [-0.4, -0.2) is 7.05 Å². The van der Waals surface area contributed by atoms with E-state index >= 15 is 0 Å². The van der Waals surface area contributed by atoms with Crippen LogP contribution in [0.3, 0.4) is 0 Å². The fourth-order valence-electron chi connectivity index (χ4n) is 1.90. The Kier molecular flexibility index (Phi) is 3.78. The van der Waals surface area contributed by atoms with E-state index in [1.54, 1.807) is 13.0 Å². The van der Waals surface area contributed by atoms with Gasteiger partial charge < -0.3 is 5.32 Å². The standard InChI is InChI=1S/C16H18FN/c1-11-4-5-15(10-16(11)17)14-8-6-13(7-9-14)12(2)18-3/h4-10,12,18H,1-3H3. The van der Waals surface area contributed by atoms with Crippen molar-refractivity contribution in [2.24, 2.45) is 0 Å². The molecule has 1 nitrogen and oxygen atoms in total. The summed E-state index contributed by atoms with van der Waals surface area (Å²) in [5.74, 6) is -0.153. The summed E-state index contributed by atoms with van der Waals surface area (Å²) in [6.07, 6.45) is 0. The first-order valence-electron chi connectivity index (χ1n) is 6.15. The maximum Gasteiger partial charge on any atom is 0.126 e. The van der Waals surface area contributed by atoms with Gasteiger partial charge in [0.2, 0.25) is 0 Å². The van der Waals surface area contributed by atoms with Crippen LogP contribution in [0.25, 0.3) is 11.1 Å². The lowest BCUT2D eigenvalue weighted by Crippen LogP contribution is -2.11. The zero-order valence-electron chi connectivity index (χ0n) is 11.0. The number of hydrogen-bond acceptors (Lipinski definition) is 1. The smallest absolute Gasteiger partial charge is 0.126 e. The van der Waals surface area contributed by atoms with Crippen molar-refractivity contribution in [3.05, 3.63) is 59.4 Å². The maximum atomic E-state index is 13.5. The molecule has 0 aromatic heterocycles. The maximum absolute atomic E-state index is 13.5. The second kappa shape index (κ2) is 5.32. The number of hydrogen-bond donors (Lipinski definition) is 1. The van der Waals surface area contributed by atoms with Crippen molar-refractivity contribution in [1.82, 2.24) is 5.32 Å². The average Bonchev–Trinajstić information content (AvgIpc) is 2.41. The third kappa shape index (κ3) is 2.59. The van der Waals surface area contributed by atoms with Crippen LogP contribution in [0.2, 0.25) is 0 Å². The molecule has 0 heterocycles. The van der Waals surface area contributed by atoms with Gasteiger partial charge in [-0.15, -0.1) is 0 Å². The van der Waals surface area contributed by atoms with E-state index in [4.69, 9.17) is 0 Å². The summed E-state index contributed by atoms with van der Waals surface area (Å²) < 4.78 is 13.5. The highest BCUT2D eigenvalue weighted by molar-refractivity contribution is 5.64. The van der Waals surface area contributed by atoms with E-state index in [1.165, 1.54) is 5.56 Å². The lowest BCUT2D eigenvalue weighted by molar-refractivity contribution is 0.619. The van der Waals surface area contributed by atoms with Gasteiger partial charge in [0.05, 0.1) is 0 Å². The van der Waals surface area contributed by atoms with E-state index in [9.17, 15) is 4.39 Å². The van der Waals surface area contributed by atoms with Crippen molar-refractivity contribution >= 4 is 0 Å². The summed E-state index contributed by atoms with van der Waals surface area (Å²) in [6, 6.07) is 13.9. The molecule has 18 heavy (non-hydrogen) atoms. The summed E-state index contributed by atoms with van der Waals surface area (Å²) in [4.78, 5) is 0. The average molecular weight is 243 g/mol. The molecule has 2 aromatic carbocycles. The monoisotopic (exact) mass is 243 g/mol. The van der Waals surface area contributed by atoms with E-state index in [0.29, 0.717) is 11.6 Å². The normalized spacial score (nSPS) is 12.4. The summed E-state index contributed by atoms with van der Waals surface area (Å²) >= 11 is 0. The molecule has 1 atom stereocenters. The fourth-order valence-corrected chi connectivity index (χ4v) is 1.90. The highest BCUT2D eigenvalue weighted by atomic mass is 19.1. The Labute approximate surface area is 108 Å². The van der Waals surface area contributed by atoms with E-state index < -0.39 is 0 Å². The van der Waals surface area contributed by atoms with Gasteiger partial charge in [-0.25, -0.2) is 4.39 Å². The molecule has 94 valence electrons. The van der Waals surface area contributed by atoms with Crippen LogP contribution in [0.15, 0.2) is 42.5 Å². The van der Waals surface area contributed by atoms with Crippen molar-refractivity contribution in [1.29, 1.82) is 0 Å². The predicted molar refractivity (Wildman–Crippen MR) is 74.0 cm³/mol. The first-order chi connectivity index (χ1) is 8.61. The van der Waals surface area contributed by atoms with Gasteiger partial charge in [-0.2, -0.15) is 0 Å². The van der Waals surface area contributed by atoms with Crippen LogP contribution in [0, 0.1) is 12.7 Å². The van der Waals surface area contributed by atoms with Gasteiger partial charge >= 0.3 is 0 Å². The Morgan fingerprint density at radius 2 is 1.61 bits per heavy atom. The van der Waals surface area contributed by atoms with Gasteiger partial charge in [0.15, 0.2) is 0 Å². The topological polar surface area (TPSA) is 12.0 Å². The molecule has 0 aliphatic rings. The quantitative estimate of drug-likeness (QED) is 0.856. The van der Waals surface area contributed by atoms with Gasteiger partial charge in [0, 0.05) is 6.04 Å². The van der Waals surface area contributed by atoms with Crippen LogP contribution < -0.4 is 5.32 Å². The first kappa shape index (κ1) is 12.8. The molecular weight excluding hydrogens is 225 g/mol. The van der Waals surface area contributed by atoms with Crippen LogP contribution in [0.5, 0.6) is 0 Å². The summed E-state index contributed by atoms with van der Waals surface area (Å²) in [5.41, 5.74) is 3.87. The molecular formula is C16H18FN. The minimum Gasteiger partial charge on any atom is -0.313 e. The zero-order valence-corrected chi connectivity index (χ0v) is 11.0. The largest absolute Gasteiger partial charge is 0.313 e. The van der Waals surface area contributed by atoms with Gasteiger partial charge in [-0.05, 0) is 49.2 Å². The molecule has 0 saturated heterocycles. The van der Waals surface area contributed by atoms with Crippen LogP contribution in [-0.2, 0) is 0 Å². The lowest BCUT2D eigenvalue weighted by atomic mass is 10.0. The second-order valence-electron chi connectivity index (χ2n) is 4.60. The van der Waals surface area contributed by atoms with Gasteiger partial charge in [-0.1, -0.05) is 36.4 Å². The highest BCUT2D eigenvalue weighted by Gasteiger charge is 2.04. The van der Waals surface area contributed by atoms with Crippen molar-refractivity contribution < 1.29 is 4.39 Å². The highest BCUT2D eigenvalue weighted by Crippen LogP contribution is 2.23. The van der Waals surface area contributed by atoms with Crippen molar-refractivity contribution in [2.45, 2.75) is 19.9 Å². The van der Waals surface area contributed by atoms with Gasteiger partial charge in [0.1, 0.15) is 5.82 Å². The molecule has 0 radical (unpaired) electrons. The Bertz CT molecular complexity index is 531. The molecule has 2 heteroatoms. The number of rotatable bonds is 3. The molecule has 0 amide bonds. The summed E-state index contributed by atoms with van der Waals surface area (Å²) in [5, 5.41) is 3.20. The van der Waals surface area contributed by atoms with E-state index in [2.05, 4.69) is 24.4 Å². The fraction of sp³-hybridized carbons (Fsp3) is 0.250. The summed E-state index contributed by atoms with van der Waals surface area (Å²) in [7, 11) is 1.94. The van der Waals surface area contributed by atoms with Crippen molar-refractivity contribution in [3.63, 3.8) is 0 Å². The third-order valence-corrected chi connectivity index (χ3v) is 3.35. The Hall–Kier alpha value is -1.67. The van der Waals surface area contributed by atoms with Crippen molar-refractivity contribution in [3.8, 4) is 11.1 Å². The second-order valence-corrected chi connectivity index (χ2v) is 4.60.